The van der Waals surface area contributed by atoms with Crippen molar-refractivity contribution in [1.82, 2.24) is 25.1 Å². The van der Waals surface area contributed by atoms with Gasteiger partial charge in [-0.2, -0.15) is 5.10 Å². The molecule has 0 atom stereocenters. The van der Waals surface area contributed by atoms with Crippen molar-refractivity contribution in [1.29, 1.82) is 0 Å². The summed E-state index contributed by atoms with van der Waals surface area (Å²) in [7, 11) is 0. The summed E-state index contributed by atoms with van der Waals surface area (Å²) < 4.78 is 14.6. The van der Waals surface area contributed by atoms with Gasteiger partial charge >= 0.3 is 0 Å². The molecule has 0 radical (unpaired) electrons. The van der Waals surface area contributed by atoms with E-state index in [0.29, 0.717) is 23.4 Å². The number of amides is 1. The number of aromatic amines is 2. The SMILES string of the molecule is CCCCC(=O)Nc1cncc(-c2cc3c(-c4cc5c(-c6ccccc6F)cccc5[nH]4)n[nH]c3cn2)c1. The van der Waals surface area contributed by atoms with Crippen molar-refractivity contribution >= 4 is 33.4 Å². The van der Waals surface area contributed by atoms with Crippen molar-refractivity contribution in [3.63, 3.8) is 0 Å². The standard InChI is InChI=1S/C30H25FN6O/c1-2-3-11-29(38)34-19-12-18(15-32-16-19)26-14-23-28(17-33-26)36-37-30(23)27-13-22-20(8-6-10-25(22)35-27)21-7-4-5-9-24(21)31/h4-10,12-17,35H,2-3,11H2,1H3,(H,34,38)(H,36,37). The summed E-state index contributed by atoms with van der Waals surface area (Å²) in [5.74, 6) is -0.291. The number of halogens is 1. The van der Waals surface area contributed by atoms with Crippen LogP contribution in [0.3, 0.4) is 0 Å². The largest absolute Gasteiger partial charge is 0.353 e. The first kappa shape index (κ1) is 23.5. The minimum absolute atomic E-state index is 0.0279. The number of aromatic nitrogens is 5. The lowest BCUT2D eigenvalue weighted by Gasteiger charge is -2.07. The molecule has 6 aromatic rings. The lowest BCUT2D eigenvalue weighted by molar-refractivity contribution is -0.116. The number of anilines is 1. The van der Waals surface area contributed by atoms with Gasteiger partial charge < -0.3 is 10.3 Å². The van der Waals surface area contributed by atoms with Gasteiger partial charge in [0.15, 0.2) is 0 Å². The molecule has 7 nitrogen and oxygen atoms in total. The van der Waals surface area contributed by atoms with Crippen LogP contribution in [-0.4, -0.2) is 31.1 Å². The minimum Gasteiger partial charge on any atom is -0.353 e. The maximum atomic E-state index is 14.6. The van der Waals surface area contributed by atoms with Gasteiger partial charge in [0.1, 0.15) is 11.5 Å². The summed E-state index contributed by atoms with van der Waals surface area (Å²) in [6, 6.07) is 18.4. The molecule has 0 bridgehead atoms. The van der Waals surface area contributed by atoms with Crippen LogP contribution in [0.5, 0.6) is 0 Å². The van der Waals surface area contributed by atoms with E-state index in [1.54, 1.807) is 30.7 Å². The molecule has 188 valence electrons. The number of unbranched alkanes of at least 4 members (excludes halogenated alkanes) is 1. The van der Waals surface area contributed by atoms with Crippen LogP contribution in [-0.2, 0) is 4.79 Å². The van der Waals surface area contributed by atoms with Gasteiger partial charge in [-0.1, -0.05) is 43.7 Å². The van der Waals surface area contributed by atoms with Crippen molar-refractivity contribution in [3.05, 3.63) is 85.1 Å². The molecule has 2 aromatic carbocycles. The first-order valence-corrected chi connectivity index (χ1v) is 12.6. The zero-order valence-electron chi connectivity index (χ0n) is 20.8. The molecule has 0 aliphatic heterocycles. The summed E-state index contributed by atoms with van der Waals surface area (Å²) in [6.45, 7) is 2.05. The number of rotatable bonds is 7. The Hall–Kier alpha value is -4.85. The van der Waals surface area contributed by atoms with Gasteiger partial charge in [-0.05, 0) is 42.3 Å². The Bertz CT molecular complexity index is 1790. The first-order valence-electron chi connectivity index (χ1n) is 12.6. The number of nitrogens with zero attached hydrogens (tertiary/aromatic N) is 3. The van der Waals surface area contributed by atoms with Crippen LogP contribution in [0.15, 0.2) is 79.3 Å². The second-order valence-electron chi connectivity index (χ2n) is 9.23. The highest BCUT2D eigenvalue weighted by atomic mass is 19.1. The van der Waals surface area contributed by atoms with Gasteiger partial charge in [-0.25, -0.2) is 4.39 Å². The molecule has 0 aliphatic rings. The van der Waals surface area contributed by atoms with Crippen LogP contribution >= 0.6 is 0 Å². The molecule has 4 heterocycles. The van der Waals surface area contributed by atoms with E-state index in [1.165, 1.54) is 6.07 Å². The predicted molar refractivity (Wildman–Crippen MR) is 148 cm³/mol. The summed E-state index contributed by atoms with van der Waals surface area (Å²) in [6.07, 6.45) is 7.37. The Labute approximate surface area is 218 Å². The number of hydrogen-bond donors (Lipinski definition) is 3. The van der Waals surface area contributed by atoms with E-state index in [0.717, 1.165) is 57.2 Å². The van der Waals surface area contributed by atoms with Crippen molar-refractivity contribution in [2.24, 2.45) is 0 Å². The molecule has 0 spiro atoms. The highest BCUT2D eigenvalue weighted by Crippen LogP contribution is 2.35. The van der Waals surface area contributed by atoms with E-state index in [4.69, 9.17) is 0 Å². The van der Waals surface area contributed by atoms with Crippen LogP contribution in [0.1, 0.15) is 26.2 Å². The Morgan fingerprint density at radius 3 is 2.68 bits per heavy atom. The lowest BCUT2D eigenvalue weighted by atomic mass is 10.0. The molecule has 0 aliphatic carbocycles. The Balaban J connectivity index is 1.38. The second kappa shape index (κ2) is 9.89. The van der Waals surface area contributed by atoms with E-state index in [2.05, 4.69) is 37.4 Å². The fraction of sp³-hybridized carbons (Fsp3) is 0.133. The summed E-state index contributed by atoms with van der Waals surface area (Å²) in [4.78, 5) is 24.5. The molecule has 8 heteroatoms. The van der Waals surface area contributed by atoms with Gasteiger partial charge in [-0.3, -0.25) is 19.9 Å². The van der Waals surface area contributed by atoms with Gasteiger partial charge in [0.05, 0.1) is 35.0 Å². The topological polar surface area (TPSA) is 99.4 Å². The fourth-order valence-corrected chi connectivity index (χ4v) is 4.69. The van der Waals surface area contributed by atoms with Gasteiger partial charge in [0, 0.05) is 40.0 Å². The average Bonchev–Trinajstić information content (AvgIpc) is 3.56. The molecule has 0 fully saturated rings. The van der Waals surface area contributed by atoms with E-state index in [1.807, 2.05) is 42.5 Å². The normalized spacial score (nSPS) is 11.3. The summed E-state index contributed by atoms with van der Waals surface area (Å²) >= 11 is 0. The first-order chi connectivity index (χ1) is 18.6. The Morgan fingerprint density at radius 1 is 0.947 bits per heavy atom. The lowest BCUT2D eigenvalue weighted by Crippen LogP contribution is -2.11. The van der Waals surface area contributed by atoms with E-state index in [9.17, 15) is 9.18 Å². The average molecular weight is 505 g/mol. The Morgan fingerprint density at radius 2 is 1.82 bits per heavy atom. The smallest absolute Gasteiger partial charge is 0.224 e. The van der Waals surface area contributed by atoms with Crippen LogP contribution in [0.25, 0.3) is 55.6 Å². The molecule has 3 N–H and O–H groups in total. The molecule has 0 saturated heterocycles. The molecule has 38 heavy (non-hydrogen) atoms. The maximum Gasteiger partial charge on any atom is 0.224 e. The number of H-pyrrole nitrogens is 2. The second-order valence-corrected chi connectivity index (χ2v) is 9.23. The zero-order chi connectivity index (χ0) is 26.1. The molecular weight excluding hydrogens is 479 g/mol. The van der Waals surface area contributed by atoms with Crippen molar-refractivity contribution in [2.45, 2.75) is 26.2 Å². The zero-order valence-corrected chi connectivity index (χ0v) is 20.8. The third-order valence-corrected chi connectivity index (χ3v) is 6.61. The molecule has 0 unspecified atom stereocenters. The monoisotopic (exact) mass is 504 g/mol. The quantitative estimate of drug-likeness (QED) is 0.216. The number of pyridine rings is 2. The number of carbonyl (C=O) groups excluding carboxylic acids is 1. The minimum atomic E-state index is -0.263. The number of hydrogen-bond acceptors (Lipinski definition) is 4. The van der Waals surface area contributed by atoms with Gasteiger partial charge in [-0.15, -0.1) is 0 Å². The number of benzene rings is 2. The van der Waals surface area contributed by atoms with E-state index < -0.39 is 0 Å². The van der Waals surface area contributed by atoms with Crippen LogP contribution < -0.4 is 5.32 Å². The molecule has 1 amide bonds. The number of nitrogens with one attached hydrogen (secondary N) is 3. The van der Waals surface area contributed by atoms with Crippen molar-refractivity contribution in [3.8, 4) is 33.8 Å². The molecule has 6 rings (SSSR count). The highest BCUT2D eigenvalue weighted by Gasteiger charge is 2.16. The summed E-state index contributed by atoms with van der Waals surface area (Å²) in [5, 5.41) is 12.3. The molecule has 0 saturated carbocycles. The van der Waals surface area contributed by atoms with Gasteiger partial charge in [0.25, 0.3) is 0 Å². The van der Waals surface area contributed by atoms with Gasteiger partial charge in [0.2, 0.25) is 5.91 Å². The van der Waals surface area contributed by atoms with E-state index in [-0.39, 0.29) is 11.7 Å². The highest BCUT2D eigenvalue weighted by molar-refractivity contribution is 6.01. The third-order valence-electron chi connectivity index (χ3n) is 6.61. The predicted octanol–water partition coefficient (Wildman–Crippen LogP) is 7.10. The van der Waals surface area contributed by atoms with Crippen LogP contribution in [0, 0.1) is 5.82 Å². The van der Waals surface area contributed by atoms with Crippen molar-refractivity contribution in [2.75, 3.05) is 5.32 Å². The van der Waals surface area contributed by atoms with Crippen LogP contribution in [0.2, 0.25) is 0 Å². The molecular formula is C30H25FN6O. The third kappa shape index (κ3) is 4.41. The molecule has 4 aromatic heterocycles. The Kier molecular flexibility index (Phi) is 6.13. The van der Waals surface area contributed by atoms with Crippen molar-refractivity contribution < 1.29 is 9.18 Å². The number of carbonyl (C=O) groups is 1. The van der Waals surface area contributed by atoms with E-state index >= 15 is 0 Å². The number of fused-ring (bicyclic) bond motifs is 2. The maximum absolute atomic E-state index is 14.6. The summed E-state index contributed by atoms with van der Waals surface area (Å²) in [5.41, 5.74) is 6.71. The fourth-order valence-electron chi connectivity index (χ4n) is 4.69. The van der Waals surface area contributed by atoms with Crippen LogP contribution in [0.4, 0.5) is 10.1 Å².